The van der Waals surface area contributed by atoms with Crippen LogP contribution in [0.15, 0.2) is 61.1 Å². The molecule has 3 aliphatic heterocycles. The first kappa shape index (κ1) is 29.4. The van der Waals surface area contributed by atoms with E-state index in [1.165, 1.54) is 4.90 Å². The first-order chi connectivity index (χ1) is 21.9. The standard InChI is InChI=1S/C34H33ClFN7O2/c1-22(36)32(44)43-16-15-41(20-25(43)19-37-2)31-30-28(39-33(40-31)45-21-34-11-5-13-42(34)14-6-12-34)17-24(18-38-30)26-9-3-7-23-8-4-10-27(35)29(23)26/h3-4,7-10,17-18,25H,1,5-6,11-16,19-21H2/t25-/m0/s1. The highest BCUT2D eigenvalue weighted by atomic mass is 35.5. The highest BCUT2D eigenvalue weighted by molar-refractivity contribution is 6.36. The van der Waals surface area contributed by atoms with E-state index in [-0.39, 0.29) is 31.2 Å². The minimum Gasteiger partial charge on any atom is -0.461 e. The molecule has 1 atom stereocenters. The molecule has 7 rings (SSSR count). The molecule has 11 heteroatoms. The lowest BCUT2D eigenvalue weighted by Crippen LogP contribution is -2.56. The number of benzene rings is 2. The molecule has 0 spiro atoms. The monoisotopic (exact) mass is 625 g/mol. The maximum atomic E-state index is 13.8. The molecule has 9 nitrogen and oxygen atoms in total. The molecule has 2 aromatic heterocycles. The van der Waals surface area contributed by atoms with E-state index in [2.05, 4.69) is 16.3 Å². The van der Waals surface area contributed by atoms with Crippen LogP contribution in [0.4, 0.5) is 10.2 Å². The second kappa shape index (κ2) is 11.9. The number of fused-ring (bicyclic) bond motifs is 3. The van der Waals surface area contributed by atoms with Crippen LogP contribution in [0.25, 0.3) is 37.8 Å². The molecule has 0 aliphatic carbocycles. The van der Waals surface area contributed by atoms with Crippen molar-refractivity contribution in [2.45, 2.75) is 37.3 Å². The maximum absolute atomic E-state index is 13.8. The fourth-order valence-corrected chi connectivity index (χ4v) is 7.63. The van der Waals surface area contributed by atoms with E-state index in [0.717, 1.165) is 60.7 Å². The van der Waals surface area contributed by atoms with Crippen molar-refractivity contribution in [1.29, 1.82) is 0 Å². The molecule has 3 fully saturated rings. The predicted molar refractivity (Wildman–Crippen MR) is 173 cm³/mol. The van der Waals surface area contributed by atoms with Gasteiger partial charge < -0.3 is 19.4 Å². The molecular formula is C34H33ClFN7O2. The molecule has 45 heavy (non-hydrogen) atoms. The van der Waals surface area contributed by atoms with Crippen LogP contribution >= 0.6 is 11.6 Å². The highest BCUT2D eigenvalue weighted by Crippen LogP contribution is 2.40. The second-order valence-electron chi connectivity index (χ2n) is 12.1. The number of carbonyl (C=O) groups excluding carboxylic acids is 1. The van der Waals surface area contributed by atoms with Crippen LogP contribution in [0.5, 0.6) is 6.01 Å². The average Bonchev–Trinajstić information content (AvgIpc) is 3.63. The summed E-state index contributed by atoms with van der Waals surface area (Å²) in [4.78, 5) is 36.6. The van der Waals surface area contributed by atoms with Gasteiger partial charge in [0.25, 0.3) is 5.91 Å². The smallest absolute Gasteiger partial charge is 0.319 e. The number of halogens is 2. The Morgan fingerprint density at radius 3 is 2.67 bits per heavy atom. The van der Waals surface area contributed by atoms with Gasteiger partial charge in [-0.15, -0.1) is 0 Å². The van der Waals surface area contributed by atoms with Gasteiger partial charge in [0, 0.05) is 41.8 Å². The van der Waals surface area contributed by atoms with Crippen LogP contribution in [-0.2, 0) is 4.79 Å². The van der Waals surface area contributed by atoms with Gasteiger partial charge in [0.05, 0.1) is 11.1 Å². The van der Waals surface area contributed by atoms with Crippen LogP contribution < -0.4 is 9.64 Å². The lowest BCUT2D eigenvalue weighted by atomic mass is 9.95. The number of amides is 1. The van der Waals surface area contributed by atoms with Crippen molar-refractivity contribution in [2.24, 2.45) is 0 Å². The maximum Gasteiger partial charge on any atom is 0.319 e. The molecule has 0 radical (unpaired) electrons. The van der Waals surface area contributed by atoms with Gasteiger partial charge in [0.15, 0.2) is 11.6 Å². The largest absolute Gasteiger partial charge is 0.461 e. The second-order valence-corrected chi connectivity index (χ2v) is 12.5. The van der Waals surface area contributed by atoms with Crippen molar-refractivity contribution in [3.63, 3.8) is 0 Å². The summed E-state index contributed by atoms with van der Waals surface area (Å²) in [5.41, 5.74) is 3.00. The van der Waals surface area contributed by atoms with Gasteiger partial charge in [-0.2, -0.15) is 9.97 Å². The van der Waals surface area contributed by atoms with Crippen molar-refractivity contribution in [3.05, 3.63) is 77.5 Å². The highest BCUT2D eigenvalue weighted by Gasteiger charge is 2.45. The molecule has 2 aromatic carbocycles. The van der Waals surface area contributed by atoms with E-state index >= 15 is 0 Å². The number of hydrogen-bond donors (Lipinski definition) is 0. The van der Waals surface area contributed by atoms with Gasteiger partial charge in [0.2, 0.25) is 6.54 Å². The van der Waals surface area contributed by atoms with E-state index in [1.54, 1.807) is 6.20 Å². The Balaban J connectivity index is 1.30. The predicted octanol–water partition coefficient (Wildman–Crippen LogP) is 5.93. The van der Waals surface area contributed by atoms with Crippen molar-refractivity contribution >= 4 is 45.1 Å². The Hall–Kier alpha value is -4.33. The quantitative estimate of drug-likeness (QED) is 0.186. The van der Waals surface area contributed by atoms with E-state index in [0.29, 0.717) is 35.0 Å². The first-order valence-electron chi connectivity index (χ1n) is 15.3. The third-order valence-corrected chi connectivity index (χ3v) is 9.84. The number of nitrogens with zero attached hydrogens (tertiary/aromatic N) is 7. The van der Waals surface area contributed by atoms with Gasteiger partial charge in [-0.05, 0) is 61.9 Å². The van der Waals surface area contributed by atoms with Crippen LogP contribution in [0.2, 0.25) is 5.02 Å². The van der Waals surface area contributed by atoms with Crippen molar-refractivity contribution < 1.29 is 13.9 Å². The van der Waals surface area contributed by atoms with Gasteiger partial charge >= 0.3 is 6.01 Å². The van der Waals surface area contributed by atoms with Crippen LogP contribution in [-0.4, -0.2) is 88.1 Å². The summed E-state index contributed by atoms with van der Waals surface area (Å²) < 4.78 is 20.3. The molecule has 4 aromatic rings. The minimum absolute atomic E-state index is 0.0136. The fourth-order valence-electron chi connectivity index (χ4n) is 7.34. The summed E-state index contributed by atoms with van der Waals surface area (Å²) in [5, 5.41) is 2.62. The third kappa shape index (κ3) is 5.34. The van der Waals surface area contributed by atoms with Crippen LogP contribution in [0.3, 0.4) is 0 Å². The van der Waals surface area contributed by atoms with Crippen LogP contribution in [0.1, 0.15) is 25.7 Å². The summed E-state index contributed by atoms with van der Waals surface area (Å²) in [7, 11) is 0. The molecule has 0 N–H and O–H groups in total. The Morgan fingerprint density at radius 2 is 1.91 bits per heavy atom. The van der Waals surface area contributed by atoms with E-state index in [4.69, 9.17) is 37.9 Å². The lowest BCUT2D eigenvalue weighted by Gasteiger charge is -2.39. The van der Waals surface area contributed by atoms with Gasteiger partial charge in [-0.25, -0.2) is 11.0 Å². The Labute approximate surface area is 266 Å². The summed E-state index contributed by atoms with van der Waals surface area (Å²) in [6, 6.07) is 13.6. The zero-order valence-electron chi connectivity index (χ0n) is 24.9. The molecule has 0 bridgehead atoms. The average molecular weight is 626 g/mol. The summed E-state index contributed by atoms with van der Waals surface area (Å²) in [6.45, 7) is 14.2. The Bertz CT molecular complexity index is 1840. The van der Waals surface area contributed by atoms with Gasteiger partial charge in [0.1, 0.15) is 18.2 Å². The number of hydrogen-bond acceptors (Lipinski definition) is 7. The number of aromatic nitrogens is 3. The number of piperazine rings is 1. The lowest BCUT2D eigenvalue weighted by molar-refractivity contribution is -0.131. The molecule has 3 saturated heterocycles. The zero-order chi connectivity index (χ0) is 31.1. The van der Waals surface area contributed by atoms with Crippen molar-refractivity contribution in [1.82, 2.24) is 24.8 Å². The summed E-state index contributed by atoms with van der Waals surface area (Å²) in [6.07, 6.45) is 6.30. The molecule has 230 valence electrons. The Morgan fingerprint density at radius 1 is 1.13 bits per heavy atom. The molecule has 5 heterocycles. The molecular weight excluding hydrogens is 593 g/mol. The topological polar surface area (TPSA) is 79.1 Å². The first-order valence-corrected chi connectivity index (χ1v) is 15.7. The van der Waals surface area contributed by atoms with E-state index in [1.807, 2.05) is 47.4 Å². The Kier molecular flexibility index (Phi) is 7.76. The molecule has 1 amide bonds. The number of ether oxygens (including phenoxy) is 1. The zero-order valence-corrected chi connectivity index (χ0v) is 25.6. The van der Waals surface area contributed by atoms with Crippen LogP contribution in [0, 0.1) is 6.57 Å². The summed E-state index contributed by atoms with van der Waals surface area (Å²) >= 11 is 6.67. The molecule has 3 aliphatic rings. The third-order valence-electron chi connectivity index (χ3n) is 9.52. The number of pyridine rings is 1. The van der Waals surface area contributed by atoms with Crippen molar-refractivity contribution in [3.8, 4) is 17.1 Å². The summed E-state index contributed by atoms with van der Waals surface area (Å²) in [5.74, 6) is -1.25. The number of anilines is 1. The normalized spacial score (nSPS) is 19.5. The minimum atomic E-state index is -1.03. The van der Waals surface area contributed by atoms with E-state index in [9.17, 15) is 9.18 Å². The van der Waals surface area contributed by atoms with Gasteiger partial charge in [-0.1, -0.05) is 48.5 Å². The fraction of sp³-hybridized carbons (Fsp3) is 0.382. The van der Waals surface area contributed by atoms with E-state index < -0.39 is 17.8 Å². The van der Waals surface area contributed by atoms with Crippen molar-refractivity contribution in [2.75, 3.05) is 50.8 Å². The SMILES string of the molecule is [C-]#[N+]C[C@H]1CN(c2nc(OCC34CCCN3CCC4)nc3cc(-c4cccc5cccc(Cl)c45)cnc23)CCN1C(=O)C(=C)F. The number of carbonyl (C=O) groups is 1. The molecule has 0 unspecified atom stereocenters. The van der Waals surface area contributed by atoms with Gasteiger partial charge in [-0.3, -0.25) is 14.7 Å². The molecule has 0 saturated carbocycles. The number of rotatable bonds is 7.